The fourth-order valence-corrected chi connectivity index (χ4v) is 2.22. The number of halogens is 2. The van der Waals surface area contributed by atoms with E-state index in [-0.39, 0.29) is 12.6 Å². The second-order valence-corrected chi connectivity index (χ2v) is 5.00. The van der Waals surface area contributed by atoms with Crippen molar-refractivity contribution in [1.29, 1.82) is 0 Å². The van der Waals surface area contributed by atoms with Crippen molar-refractivity contribution < 1.29 is 8.78 Å². The molecule has 0 radical (unpaired) electrons. The van der Waals surface area contributed by atoms with Gasteiger partial charge in [-0.05, 0) is 38.7 Å². The van der Waals surface area contributed by atoms with Crippen LogP contribution < -0.4 is 5.32 Å². The van der Waals surface area contributed by atoms with E-state index in [2.05, 4.69) is 29.1 Å². The minimum atomic E-state index is -2.36. The second-order valence-electron chi connectivity index (χ2n) is 5.00. The Morgan fingerprint density at radius 3 is 2.05 bits per heavy atom. The lowest BCUT2D eigenvalue weighted by atomic mass is 9.95. The van der Waals surface area contributed by atoms with Gasteiger partial charge >= 0.3 is 0 Å². The maximum atomic E-state index is 12.2. The van der Waals surface area contributed by atoms with E-state index >= 15 is 0 Å². The van der Waals surface area contributed by atoms with E-state index in [9.17, 15) is 8.78 Å². The number of aryl methyl sites for hydroxylation is 2. The Balaban J connectivity index is 2.94. The predicted molar refractivity (Wildman–Crippen MR) is 72.6 cm³/mol. The number of nitrogens with one attached hydrogen (secondary N) is 1. The highest BCUT2D eigenvalue weighted by atomic mass is 19.3. The first-order valence-corrected chi connectivity index (χ1v) is 6.73. The van der Waals surface area contributed by atoms with Gasteiger partial charge in [-0.25, -0.2) is 18.7 Å². The molecule has 2 atom stereocenters. The van der Waals surface area contributed by atoms with E-state index in [1.165, 1.54) is 5.56 Å². The average molecular weight is 271 g/mol. The van der Waals surface area contributed by atoms with E-state index in [4.69, 9.17) is 0 Å². The molecule has 0 aliphatic heterocycles. The lowest BCUT2D eigenvalue weighted by molar-refractivity contribution is 0.141. The fourth-order valence-electron chi connectivity index (χ4n) is 2.22. The summed E-state index contributed by atoms with van der Waals surface area (Å²) in [6.45, 7) is 9.66. The van der Waals surface area contributed by atoms with Crippen molar-refractivity contribution in [2.24, 2.45) is 0 Å². The summed E-state index contributed by atoms with van der Waals surface area (Å²) < 4.78 is 24.4. The number of hydrogen-bond donors (Lipinski definition) is 1. The summed E-state index contributed by atoms with van der Waals surface area (Å²) >= 11 is 0. The molecule has 5 heteroatoms. The molecule has 0 aromatic carbocycles. The summed E-state index contributed by atoms with van der Waals surface area (Å²) in [5.41, 5.74) is 3.07. The van der Waals surface area contributed by atoms with Crippen LogP contribution in [-0.4, -0.2) is 22.9 Å². The highest BCUT2D eigenvalue weighted by molar-refractivity contribution is 5.28. The molecule has 1 N–H and O–H groups in total. The molecule has 0 aliphatic carbocycles. The van der Waals surface area contributed by atoms with Gasteiger partial charge in [-0.15, -0.1) is 0 Å². The Bertz CT molecular complexity index is 398. The van der Waals surface area contributed by atoms with E-state index < -0.39 is 6.43 Å². The molecule has 3 nitrogen and oxygen atoms in total. The van der Waals surface area contributed by atoms with Crippen LogP contribution in [0.15, 0.2) is 0 Å². The number of aromatic nitrogens is 2. The Morgan fingerprint density at radius 2 is 1.63 bits per heavy atom. The maximum Gasteiger partial charge on any atom is 0.250 e. The third kappa shape index (κ3) is 4.20. The van der Waals surface area contributed by atoms with Crippen LogP contribution in [0.1, 0.15) is 61.9 Å². The fraction of sp³-hybridized carbons (Fsp3) is 0.714. The first-order valence-electron chi connectivity index (χ1n) is 6.73. The quantitative estimate of drug-likeness (QED) is 0.860. The normalized spacial score (nSPS) is 14.7. The van der Waals surface area contributed by atoms with Crippen LogP contribution >= 0.6 is 0 Å². The SMILES string of the molecule is CCC(C)c1c(C)nc([C@H](C)NCC(F)F)nc1C. The molecule has 1 rings (SSSR count). The molecule has 1 aromatic rings. The number of nitrogens with zero attached hydrogens (tertiary/aromatic N) is 2. The average Bonchev–Trinajstić information content (AvgIpc) is 2.34. The molecule has 0 bridgehead atoms. The van der Waals surface area contributed by atoms with Gasteiger partial charge < -0.3 is 5.32 Å². The minimum absolute atomic E-state index is 0.266. The maximum absolute atomic E-state index is 12.2. The molecule has 0 aliphatic rings. The molecular weight excluding hydrogens is 248 g/mol. The van der Waals surface area contributed by atoms with Gasteiger partial charge in [-0.1, -0.05) is 13.8 Å². The van der Waals surface area contributed by atoms with Crippen molar-refractivity contribution >= 4 is 0 Å². The van der Waals surface area contributed by atoms with Crippen LogP contribution in [0.3, 0.4) is 0 Å². The first-order chi connectivity index (χ1) is 8.86. The van der Waals surface area contributed by atoms with Crippen LogP contribution in [-0.2, 0) is 0 Å². The largest absolute Gasteiger partial charge is 0.302 e. The molecule has 0 amide bonds. The van der Waals surface area contributed by atoms with Crippen LogP contribution in [0.2, 0.25) is 0 Å². The zero-order valence-corrected chi connectivity index (χ0v) is 12.3. The summed E-state index contributed by atoms with van der Waals surface area (Å²) in [5.74, 6) is 1.00. The molecule has 108 valence electrons. The minimum Gasteiger partial charge on any atom is -0.302 e. The summed E-state index contributed by atoms with van der Waals surface area (Å²) in [5, 5.41) is 2.74. The summed E-state index contributed by atoms with van der Waals surface area (Å²) in [7, 11) is 0. The molecule has 19 heavy (non-hydrogen) atoms. The van der Waals surface area contributed by atoms with Gasteiger partial charge in [0, 0.05) is 11.4 Å². The molecule has 0 spiro atoms. The third-order valence-corrected chi connectivity index (χ3v) is 3.41. The van der Waals surface area contributed by atoms with Gasteiger partial charge in [0.05, 0.1) is 12.6 Å². The summed E-state index contributed by atoms with van der Waals surface area (Å²) in [6.07, 6.45) is -1.33. The van der Waals surface area contributed by atoms with Crippen molar-refractivity contribution in [2.75, 3.05) is 6.54 Å². The van der Waals surface area contributed by atoms with Gasteiger partial charge in [0.25, 0.3) is 6.43 Å². The van der Waals surface area contributed by atoms with Crippen LogP contribution in [0.4, 0.5) is 8.78 Å². The Kier molecular flexibility index (Phi) is 5.79. The van der Waals surface area contributed by atoms with E-state index in [0.717, 1.165) is 17.8 Å². The zero-order chi connectivity index (χ0) is 14.6. The predicted octanol–water partition coefficient (Wildman–Crippen LogP) is 3.52. The Labute approximate surface area is 113 Å². The van der Waals surface area contributed by atoms with Crippen molar-refractivity contribution in [3.63, 3.8) is 0 Å². The molecule has 1 aromatic heterocycles. The van der Waals surface area contributed by atoms with Gasteiger partial charge in [0.2, 0.25) is 0 Å². The highest BCUT2D eigenvalue weighted by Gasteiger charge is 2.17. The topological polar surface area (TPSA) is 37.8 Å². The lowest BCUT2D eigenvalue weighted by Crippen LogP contribution is -2.26. The number of alkyl halides is 2. The van der Waals surface area contributed by atoms with Crippen molar-refractivity contribution in [3.05, 3.63) is 22.8 Å². The molecule has 0 fully saturated rings. The molecule has 0 saturated heterocycles. The smallest absolute Gasteiger partial charge is 0.250 e. The Morgan fingerprint density at radius 1 is 1.11 bits per heavy atom. The van der Waals surface area contributed by atoms with E-state index in [1.807, 2.05) is 13.8 Å². The third-order valence-electron chi connectivity index (χ3n) is 3.41. The van der Waals surface area contributed by atoms with Crippen LogP contribution in [0.5, 0.6) is 0 Å². The summed E-state index contributed by atoms with van der Waals surface area (Å²) in [6, 6.07) is -0.266. The monoisotopic (exact) mass is 271 g/mol. The number of hydrogen-bond acceptors (Lipinski definition) is 3. The van der Waals surface area contributed by atoms with Crippen molar-refractivity contribution in [3.8, 4) is 0 Å². The molecule has 0 saturated carbocycles. The number of rotatable bonds is 6. The van der Waals surface area contributed by atoms with E-state index in [0.29, 0.717) is 11.7 Å². The second kappa shape index (κ2) is 6.89. The van der Waals surface area contributed by atoms with Gasteiger partial charge in [0.15, 0.2) is 0 Å². The Hall–Kier alpha value is -1.10. The first kappa shape index (κ1) is 16.0. The van der Waals surface area contributed by atoms with Crippen molar-refractivity contribution in [1.82, 2.24) is 15.3 Å². The van der Waals surface area contributed by atoms with Crippen LogP contribution in [0.25, 0.3) is 0 Å². The van der Waals surface area contributed by atoms with Gasteiger partial charge in [0.1, 0.15) is 5.82 Å². The lowest BCUT2D eigenvalue weighted by Gasteiger charge is -2.18. The van der Waals surface area contributed by atoms with Crippen LogP contribution in [0, 0.1) is 13.8 Å². The van der Waals surface area contributed by atoms with Crippen molar-refractivity contribution in [2.45, 2.75) is 59.4 Å². The molecule has 1 unspecified atom stereocenters. The van der Waals surface area contributed by atoms with Gasteiger partial charge in [-0.2, -0.15) is 0 Å². The van der Waals surface area contributed by atoms with Gasteiger partial charge in [-0.3, -0.25) is 0 Å². The molecule has 1 heterocycles. The molecular formula is C14H23F2N3. The standard InChI is InChI=1S/C14H23F2N3/c1-6-8(2)13-9(3)18-14(19-10(13)4)11(5)17-7-12(15)16/h8,11-12,17H,6-7H2,1-5H3/t8?,11-/m0/s1. The van der Waals surface area contributed by atoms with E-state index in [1.54, 1.807) is 6.92 Å². The summed E-state index contributed by atoms with van der Waals surface area (Å²) in [4.78, 5) is 8.92. The highest BCUT2D eigenvalue weighted by Crippen LogP contribution is 2.24. The zero-order valence-electron chi connectivity index (χ0n) is 12.3.